The molecular weight excluding hydrogens is 368 g/mol. The van der Waals surface area contributed by atoms with Gasteiger partial charge >= 0.3 is 0 Å². The molecule has 1 heterocycles. The molecule has 0 unspecified atom stereocenters. The monoisotopic (exact) mass is 385 g/mol. The lowest BCUT2D eigenvalue weighted by Crippen LogP contribution is -2.28. The van der Waals surface area contributed by atoms with E-state index in [4.69, 9.17) is 23.7 Å². The Morgan fingerprint density at radius 1 is 1.04 bits per heavy atom. The number of carboxylic acid groups (broad SMARTS) is 1. The van der Waals surface area contributed by atoms with Gasteiger partial charge < -0.3 is 33.6 Å². The molecule has 3 rings (SSSR count). The fourth-order valence-corrected chi connectivity index (χ4v) is 2.71. The molecule has 0 aliphatic carbocycles. The Morgan fingerprint density at radius 2 is 1.71 bits per heavy atom. The van der Waals surface area contributed by atoms with Crippen LogP contribution < -0.4 is 28.8 Å². The van der Waals surface area contributed by atoms with Gasteiger partial charge in [0.2, 0.25) is 5.78 Å². The number of hydrogen-bond donors (Lipinski definition) is 0. The minimum absolute atomic E-state index is 0.0811. The Kier molecular flexibility index (Phi) is 5.39. The molecule has 0 aromatic heterocycles. The molecular formula is C20H17O8-. The Hall–Kier alpha value is -3.68. The first-order valence-corrected chi connectivity index (χ1v) is 8.17. The van der Waals surface area contributed by atoms with E-state index in [0.29, 0.717) is 28.4 Å². The van der Waals surface area contributed by atoms with Gasteiger partial charge in [-0.2, -0.15) is 0 Å². The third kappa shape index (κ3) is 3.71. The Labute approximate surface area is 160 Å². The second-order valence-corrected chi connectivity index (χ2v) is 5.71. The third-order valence-electron chi connectivity index (χ3n) is 4.02. The third-order valence-corrected chi connectivity index (χ3v) is 4.02. The van der Waals surface area contributed by atoms with Crippen molar-refractivity contribution >= 4 is 17.8 Å². The number of carbonyl (C=O) groups excluding carboxylic acids is 2. The normalized spacial score (nSPS) is 13.7. The number of ether oxygens (including phenoxy) is 5. The minimum Gasteiger partial charge on any atom is -0.546 e. The molecule has 2 aromatic carbocycles. The summed E-state index contributed by atoms with van der Waals surface area (Å²) in [5.74, 6) is 0.353. The maximum Gasteiger partial charge on any atom is 0.231 e. The van der Waals surface area contributed by atoms with Crippen LogP contribution in [0.1, 0.15) is 15.9 Å². The van der Waals surface area contributed by atoms with Crippen molar-refractivity contribution in [3.8, 4) is 28.7 Å². The van der Waals surface area contributed by atoms with Crippen molar-refractivity contribution in [2.24, 2.45) is 0 Å². The first kappa shape index (κ1) is 19.1. The summed E-state index contributed by atoms with van der Waals surface area (Å²) in [6.45, 7) is -0.599. The van der Waals surface area contributed by atoms with Gasteiger partial charge in [-0.25, -0.2) is 0 Å². The highest BCUT2D eigenvalue weighted by Crippen LogP contribution is 2.38. The molecule has 8 heteroatoms. The van der Waals surface area contributed by atoms with Gasteiger partial charge in [-0.05, 0) is 24.3 Å². The van der Waals surface area contributed by atoms with Crippen LogP contribution in [0.4, 0.5) is 0 Å². The van der Waals surface area contributed by atoms with Gasteiger partial charge in [0.1, 0.15) is 23.9 Å². The summed E-state index contributed by atoms with van der Waals surface area (Å²) in [6.07, 6.45) is 1.53. The molecule has 28 heavy (non-hydrogen) atoms. The van der Waals surface area contributed by atoms with E-state index >= 15 is 0 Å². The highest BCUT2D eigenvalue weighted by molar-refractivity contribution is 6.14. The van der Waals surface area contributed by atoms with Crippen LogP contribution in [0, 0.1) is 0 Å². The summed E-state index contributed by atoms with van der Waals surface area (Å²) in [4.78, 5) is 23.1. The molecule has 0 fully saturated rings. The standard InChI is InChI=1S/C20H18O8/c1-24-14-9-17(26-3)16(25-2)6-11(14)7-18-20(23)13-5-4-12(8-15(13)28-18)27-10-19(21)22/h4-9H,10H2,1-3H3,(H,21,22)/p-1/b18-7-. The predicted molar refractivity (Wildman–Crippen MR) is 96.0 cm³/mol. The summed E-state index contributed by atoms with van der Waals surface area (Å²) < 4.78 is 26.6. The van der Waals surface area contributed by atoms with Crippen molar-refractivity contribution in [1.82, 2.24) is 0 Å². The van der Waals surface area contributed by atoms with Crippen LogP contribution >= 0.6 is 0 Å². The van der Waals surface area contributed by atoms with Crippen molar-refractivity contribution in [2.45, 2.75) is 0 Å². The maximum absolute atomic E-state index is 12.6. The van der Waals surface area contributed by atoms with E-state index in [2.05, 4.69) is 0 Å². The first-order valence-electron chi connectivity index (χ1n) is 8.17. The summed E-state index contributed by atoms with van der Waals surface area (Å²) in [7, 11) is 4.51. The molecule has 1 aliphatic heterocycles. The smallest absolute Gasteiger partial charge is 0.231 e. The van der Waals surface area contributed by atoms with E-state index in [9.17, 15) is 14.7 Å². The number of benzene rings is 2. The summed E-state index contributed by atoms with van der Waals surface area (Å²) >= 11 is 0. The van der Waals surface area contributed by atoms with E-state index in [0.717, 1.165) is 0 Å². The van der Waals surface area contributed by atoms with Crippen LogP contribution in [-0.2, 0) is 4.79 Å². The van der Waals surface area contributed by atoms with Crippen LogP contribution in [0.15, 0.2) is 36.1 Å². The number of carboxylic acids is 1. The highest BCUT2D eigenvalue weighted by Gasteiger charge is 2.28. The number of ketones is 1. The van der Waals surface area contributed by atoms with Crippen molar-refractivity contribution < 1.29 is 38.4 Å². The maximum atomic E-state index is 12.6. The highest BCUT2D eigenvalue weighted by atomic mass is 16.5. The van der Waals surface area contributed by atoms with Crippen molar-refractivity contribution in [3.63, 3.8) is 0 Å². The summed E-state index contributed by atoms with van der Waals surface area (Å²) in [5.41, 5.74) is 0.899. The number of carbonyl (C=O) groups is 2. The molecule has 0 saturated heterocycles. The van der Waals surface area contributed by atoms with Crippen LogP contribution in [-0.4, -0.2) is 39.7 Å². The fourth-order valence-electron chi connectivity index (χ4n) is 2.71. The van der Waals surface area contributed by atoms with E-state index in [1.165, 1.54) is 45.6 Å². The Balaban J connectivity index is 1.93. The lowest BCUT2D eigenvalue weighted by Gasteiger charge is -2.12. The molecule has 0 bridgehead atoms. The van der Waals surface area contributed by atoms with Crippen molar-refractivity contribution in [1.29, 1.82) is 0 Å². The van der Waals surface area contributed by atoms with Gasteiger partial charge in [-0.3, -0.25) is 4.79 Å². The minimum atomic E-state index is -1.35. The second-order valence-electron chi connectivity index (χ2n) is 5.71. The molecule has 0 amide bonds. The summed E-state index contributed by atoms with van der Waals surface area (Å²) in [5, 5.41) is 10.5. The molecule has 0 N–H and O–H groups in total. The van der Waals surface area contributed by atoms with E-state index in [-0.39, 0.29) is 23.0 Å². The lowest BCUT2D eigenvalue weighted by molar-refractivity contribution is -0.307. The topological polar surface area (TPSA) is 103 Å². The SMILES string of the molecule is COc1cc(OC)c(OC)cc1/C=C1\Oc2cc(OCC(=O)[O-])ccc2C1=O. The van der Waals surface area contributed by atoms with Gasteiger partial charge in [0.25, 0.3) is 0 Å². The molecule has 8 nitrogen and oxygen atoms in total. The zero-order valence-corrected chi connectivity index (χ0v) is 15.4. The van der Waals surface area contributed by atoms with Gasteiger partial charge in [-0.1, -0.05) is 0 Å². The Morgan fingerprint density at radius 3 is 2.36 bits per heavy atom. The van der Waals surface area contributed by atoms with Crippen molar-refractivity contribution in [3.05, 3.63) is 47.2 Å². The quantitative estimate of drug-likeness (QED) is 0.660. The number of fused-ring (bicyclic) bond motifs is 1. The molecule has 0 spiro atoms. The first-order chi connectivity index (χ1) is 13.5. The number of hydrogen-bond acceptors (Lipinski definition) is 8. The molecule has 0 atom stereocenters. The fraction of sp³-hybridized carbons (Fsp3) is 0.200. The largest absolute Gasteiger partial charge is 0.546 e. The average molecular weight is 385 g/mol. The Bertz CT molecular complexity index is 961. The number of methoxy groups -OCH3 is 3. The zero-order chi connectivity index (χ0) is 20.3. The van der Waals surface area contributed by atoms with Crippen molar-refractivity contribution in [2.75, 3.05) is 27.9 Å². The van der Waals surface area contributed by atoms with E-state index < -0.39 is 12.6 Å². The molecule has 2 aromatic rings. The predicted octanol–water partition coefficient (Wildman–Crippen LogP) is 1.46. The van der Waals surface area contributed by atoms with Gasteiger partial charge in [-0.15, -0.1) is 0 Å². The second kappa shape index (κ2) is 7.91. The van der Waals surface area contributed by atoms with E-state index in [1.807, 2.05) is 0 Å². The molecule has 146 valence electrons. The lowest BCUT2D eigenvalue weighted by atomic mass is 10.1. The number of allylic oxidation sites excluding steroid dienone is 1. The average Bonchev–Trinajstić information content (AvgIpc) is 3.00. The van der Waals surface area contributed by atoms with Crippen LogP contribution in [0.3, 0.4) is 0 Å². The number of aliphatic carboxylic acids is 1. The van der Waals surface area contributed by atoms with Crippen LogP contribution in [0.25, 0.3) is 6.08 Å². The van der Waals surface area contributed by atoms with Gasteiger partial charge in [0, 0.05) is 17.7 Å². The zero-order valence-electron chi connectivity index (χ0n) is 15.4. The molecule has 1 aliphatic rings. The van der Waals surface area contributed by atoms with E-state index in [1.54, 1.807) is 12.1 Å². The van der Waals surface area contributed by atoms with Gasteiger partial charge in [0.05, 0.1) is 32.9 Å². The van der Waals surface area contributed by atoms with Crippen LogP contribution in [0.5, 0.6) is 28.7 Å². The van der Waals surface area contributed by atoms with Crippen LogP contribution in [0.2, 0.25) is 0 Å². The molecule has 0 radical (unpaired) electrons. The molecule has 0 saturated carbocycles. The van der Waals surface area contributed by atoms with Gasteiger partial charge in [0.15, 0.2) is 17.3 Å². The number of Topliss-reactive ketones (excluding diaryl/α,β-unsaturated/α-hetero) is 1. The number of rotatable bonds is 7. The summed E-state index contributed by atoms with van der Waals surface area (Å²) in [6, 6.07) is 7.75.